The topological polar surface area (TPSA) is 6.48 Å². The van der Waals surface area contributed by atoms with Crippen LogP contribution in [0.25, 0.3) is 86.9 Å². The van der Waals surface area contributed by atoms with E-state index in [0.717, 1.165) is 11.4 Å². The third kappa shape index (κ3) is 9.40. The van der Waals surface area contributed by atoms with Crippen molar-refractivity contribution in [3.63, 3.8) is 0 Å². The van der Waals surface area contributed by atoms with Gasteiger partial charge in [-0.15, -0.1) is 11.3 Å². The van der Waals surface area contributed by atoms with E-state index in [1.807, 2.05) is 11.3 Å². The number of fused-ring (bicyclic) bond motifs is 7. The highest BCUT2D eigenvalue weighted by molar-refractivity contribution is 7.26. The molecule has 0 spiro atoms. The molecule has 0 fully saturated rings. The first-order valence-electron chi connectivity index (χ1n) is 31.2. The van der Waals surface area contributed by atoms with Crippen LogP contribution in [-0.2, 0) is 16.2 Å². The zero-order valence-corrected chi connectivity index (χ0v) is 52.6. The highest BCUT2D eigenvalue weighted by Gasteiger charge is 2.46. The minimum Gasteiger partial charge on any atom is -0.310 e. The van der Waals surface area contributed by atoms with Crippen molar-refractivity contribution in [3.8, 4) is 66.8 Å². The van der Waals surface area contributed by atoms with Crippen molar-refractivity contribution in [1.29, 1.82) is 0 Å². The minimum absolute atomic E-state index is 0.149. The molecule has 0 atom stereocenters. The van der Waals surface area contributed by atoms with Gasteiger partial charge >= 0.3 is 0 Å². The van der Waals surface area contributed by atoms with Crippen molar-refractivity contribution in [2.75, 3.05) is 9.80 Å². The van der Waals surface area contributed by atoms with Crippen LogP contribution in [0.15, 0.2) is 267 Å². The summed E-state index contributed by atoms with van der Waals surface area (Å²) in [6.07, 6.45) is 0. The number of hydrogen-bond acceptors (Lipinski definition) is 3. The van der Waals surface area contributed by atoms with E-state index >= 15 is 0 Å². The molecule has 426 valence electrons. The second-order valence-electron chi connectivity index (χ2n) is 27.3. The SMILES string of the molecule is CC(C)(C)c1cc(-c2ccccc2)c(N2c3ccc(-c4ccccc4)cc3B3c4cc(-c5cccc6c5sc5ccccc56)ccc4N(c4c(-c5ccccc5)cc(C(C)(C)C)cc4-c4ccccc4)c4cc(C(C)(C)C)cc2c43)c(-c2ccccc2)c1. The molecule has 0 amide bonds. The molecule has 0 saturated heterocycles. The fraction of sp³-hybridized carbons (Fsp3) is 0.143. The standard InChI is InChI=1S/C84H71BN2S/c1-82(2,3)61-48-67(55-30-17-11-18-31-55)79(68(49-61)56-32-19-12-20-33-56)86-73-44-42-59(54-28-15-10-16-29-54)46-71(73)85-72-47-60(64-39-27-40-66-65-38-25-26-41-77(65)88-81(64)66)43-45-74(72)87(76-53-63(84(7,8)9)52-75(86)78(76)85)80-69(57-34-21-13-22-35-57)50-62(83(4,5)6)51-70(80)58-36-23-14-24-37-58/h10-53H,1-9H3. The van der Waals surface area contributed by atoms with E-state index in [4.69, 9.17) is 0 Å². The lowest BCUT2D eigenvalue weighted by atomic mass is 9.33. The Labute approximate surface area is 524 Å². The molecule has 0 saturated carbocycles. The molecule has 15 rings (SSSR count). The first kappa shape index (κ1) is 55.1. The monoisotopic (exact) mass is 1150 g/mol. The summed E-state index contributed by atoms with van der Waals surface area (Å²) in [6, 6.07) is 101. The van der Waals surface area contributed by atoms with Crippen molar-refractivity contribution in [2.45, 2.75) is 78.6 Å². The molecule has 0 unspecified atom stereocenters. The van der Waals surface area contributed by atoms with Gasteiger partial charge in [0.25, 0.3) is 6.71 Å². The molecule has 2 aliphatic rings. The fourth-order valence-corrected chi connectivity index (χ4v) is 15.1. The van der Waals surface area contributed by atoms with Crippen LogP contribution in [-0.4, -0.2) is 6.71 Å². The summed E-state index contributed by atoms with van der Waals surface area (Å²) < 4.78 is 2.61. The Morgan fingerprint density at radius 2 is 0.648 bits per heavy atom. The number of thiophene rings is 1. The van der Waals surface area contributed by atoms with E-state index in [9.17, 15) is 0 Å². The molecule has 12 aromatic carbocycles. The Balaban J connectivity index is 1.14. The van der Waals surface area contributed by atoms with Gasteiger partial charge in [-0.1, -0.05) is 275 Å². The van der Waals surface area contributed by atoms with Crippen LogP contribution in [0.1, 0.15) is 79.0 Å². The van der Waals surface area contributed by atoms with Crippen molar-refractivity contribution < 1.29 is 0 Å². The zero-order valence-electron chi connectivity index (χ0n) is 51.8. The molecular formula is C84H71BN2S. The van der Waals surface area contributed by atoms with Gasteiger partial charge < -0.3 is 9.80 Å². The van der Waals surface area contributed by atoms with E-state index in [1.165, 1.54) is 143 Å². The second kappa shape index (κ2) is 21.1. The normalized spacial score (nSPS) is 13.0. The van der Waals surface area contributed by atoms with E-state index in [0.29, 0.717) is 0 Å². The maximum absolute atomic E-state index is 2.71. The fourth-order valence-electron chi connectivity index (χ4n) is 13.8. The van der Waals surface area contributed by atoms with Crippen molar-refractivity contribution >= 4 is 88.7 Å². The van der Waals surface area contributed by atoms with Gasteiger partial charge in [0, 0.05) is 65.2 Å². The summed E-state index contributed by atoms with van der Waals surface area (Å²) in [5.74, 6) is 0. The molecule has 13 aromatic rings. The van der Waals surface area contributed by atoms with Crippen molar-refractivity contribution in [1.82, 2.24) is 0 Å². The largest absolute Gasteiger partial charge is 0.310 e. The van der Waals surface area contributed by atoms with Gasteiger partial charge in [0.2, 0.25) is 0 Å². The first-order chi connectivity index (χ1) is 42.6. The second-order valence-corrected chi connectivity index (χ2v) is 28.3. The molecule has 2 aliphatic heterocycles. The number of benzene rings is 12. The molecule has 2 nitrogen and oxygen atoms in total. The molecule has 0 bridgehead atoms. The van der Waals surface area contributed by atoms with Gasteiger partial charge in [0.05, 0.1) is 11.4 Å². The highest BCUT2D eigenvalue weighted by Crippen LogP contribution is 2.55. The third-order valence-electron chi connectivity index (χ3n) is 18.5. The van der Waals surface area contributed by atoms with Crippen LogP contribution in [0.3, 0.4) is 0 Å². The Morgan fingerprint density at radius 1 is 0.284 bits per heavy atom. The van der Waals surface area contributed by atoms with Gasteiger partial charge in [0.15, 0.2) is 0 Å². The van der Waals surface area contributed by atoms with Crippen LogP contribution in [0.4, 0.5) is 34.1 Å². The minimum atomic E-state index is -0.260. The van der Waals surface area contributed by atoms with E-state index in [1.54, 1.807) is 0 Å². The van der Waals surface area contributed by atoms with Gasteiger partial charge in [-0.05, 0) is 148 Å². The molecule has 88 heavy (non-hydrogen) atoms. The van der Waals surface area contributed by atoms with E-state index < -0.39 is 0 Å². The average Bonchev–Trinajstić information content (AvgIpc) is 0.795. The Hall–Kier alpha value is -9.48. The summed E-state index contributed by atoms with van der Waals surface area (Å²) in [4.78, 5) is 5.42. The van der Waals surface area contributed by atoms with E-state index in [2.05, 4.69) is 339 Å². The third-order valence-corrected chi connectivity index (χ3v) is 19.7. The van der Waals surface area contributed by atoms with Crippen molar-refractivity contribution in [2.24, 2.45) is 0 Å². The Kier molecular flexibility index (Phi) is 13.2. The predicted molar refractivity (Wildman–Crippen MR) is 382 cm³/mol. The highest BCUT2D eigenvalue weighted by atomic mass is 32.1. The molecule has 3 heterocycles. The maximum atomic E-state index is 2.71. The number of anilines is 6. The lowest BCUT2D eigenvalue weighted by Crippen LogP contribution is -2.61. The summed E-state index contributed by atoms with van der Waals surface area (Å²) >= 11 is 1.90. The van der Waals surface area contributed by atoms with Crippen LogP contribution in [0.2, 0.25) is 0 Å². The molecule has 0 radical (unpaired) electrons. The van der Waals surface area contributed by atoms with Gasteiger partial charge in [-0.25, -0.2) is 0 Å². The molecule has 1 aromatic heterocycles. The zero-order chi connectivity index (χ0) is 60.2. The van der Waals surface area contributed by atoms with Gasteiger partial charge in [-0.2, -0.15) is 0 Å². The quantitative estimate of drug-likeness (QED) is 0.140. The van der Waals surface area contributed by atoms with Crippen LogP contribution >= 0.6 is 11.3 Å². The van der Waals surface area contributed by atoms with Crippen LogP contribution in [0.5, 0.6) is 0 Å². The Bertz CT molecular complexity index is 4690. The molecule has 0 N–H and O–H groups in total. The Morgan fingerprint density at radius 3 is 1.08 bits per heavy atom. The van der Waals surface area contributed by atoms with Crippen LogP contribution < -0.4 is 26.2 Å². The predicted octanol–water partition coefficient (Wildman–Crippen LogP) is 22.0. The summed E-state index contributed by atoms with van der Waals surface area (Å²) in [7, 11) is 0. The van der Waals surface area contributed by atoms with Crippen molar-refractivity contribution in [3.05, 3.63) is 284 Å². The maximum Gasteiger partial charge on any atom is 0.252 e. The molecule has 4 heteroatoms. The number of nitrogens with zero attached hydrogens (tertiary/aromatic N) is 2. The summed E-state index contributed by atoms with van der Waals surface area (Å²) in [5, 5.41) is 2.60. The van der Waals surface area contributed by atoms with Gasteiger partial charge in [0.1, 0.15) is 0 Å². The summed E-state index contributed by atoms with van der Waals surface area (Å²) in [5.41, 5.74) is 28.5. The average molecular weight is 1150 g/mol. The number of rotatable bonds is 8. The van der Waals surface area contributed by atoms with Crippen LogP contribution in [0, 0.1) is 0 Å². The smallest absolute Gasteiger partial charge is 0.252 e. The molecular weight excluding hydrogens is 1080 g/mol. The summed E-state index contributed by atoms with van der Waals surface area (Å²) in [6.45, 7) is 21.1. The first-order valence-corrected chi connectivity index (χ1v) is 32.0. The number of hydrogen-bond donors (Lipinski definition) is 0. The lowest BCUT2D eigenvalue weighted by Gasteiger charge is -2.47. The van der Waals surface area contributed by atoms with E-state index in [-0.39, 0.29) is 23.0 Å². The molecule has 0 aliphatic carbocycles. The lowest BCUT2D eigenvalue weighted by molar-refractivity contribution is 0.590. The van der Waals surface area contributed by atoms with Gasteiger partial charge in [-0.3, -0.25) is 0 Å².